The lowest BCUT2D eigenvalue weighted by molar-refractivity contribution is -0.115. The highest BCUT2D eigenvalue weighted by atomic mass is 16.5. The largest absolute Gasteiger partial charge is 0.494 e. The van der Waals surface area contributed by atoms with Crippen LogP contribution in [-0.2, 0) is 4.79 Å². The van der Waals surface area contributed by atoms with E-state index in [4.69, 9.17) is 4.74 Å². The molecule has 2 N–H and O–H groups in total. The fourth-order valence-electron chi connectivity index (χ4n) is 1.75. The standard InChI is InChI=1S/C15H24N2O2/c1-3-4-5-6-10-19-14-9-7-8-13(11-14)17-15(18)12-16-2/h7-9,11,16H,3-6,10,12H2,1-2H3,(H,17,18). The van der Waals surface area contributed by atoms with Crippen LogP contribution in [-0.4, -0.2) is 26.1 Å². The van der Waals surface area contributed by atoms with Crippen LogP contribution < -0.4 is 15.4 Å². The SMILES string of the molecule is CCCCCCOc1cccc(NC(=O)CNC)c1. The Kier molecular flexibility index (Phi) is 7.66. The Hall–Kier alpha value is -1.55. The Balaban J connectivity index is 2.37. The van der Waals surface area contributed by atoms with Gasteiger partial charge in [0.05, 0.1) is 13.2 Å². The van der Waals surface area contributed by atoms with Crippen molar-refractivity contribution in [3.8, 4) is 5.75 Å². The summed E-state index contributed by atoms with van der Waals surface area (Å²) in [6.45, 7) is 3.23. The van der Waals surface area contributed by atoms with Crippen LogP contribution in [0.25, 0.3) is 0 Å². The van der Waals surface area contributed by atoms with Crippen LogP contribution in [0, 0.1) is 0 Å². The highest BCUT2D eigenvalue weighted by molar-refractivity contribution is 5.92. The third-order valence-corrected chi connectivity index (χ3v) is 2.72. The van der Waals surface area contributed by atoms with E-state index >= 15 is 0 Å². The second-order valence-electron chi connectivity index (χ2n) is 4.52. The molecule has 0 saturated heterocycles. The summed E-state index contributed by atoms with van der Waals surface area (Å²) in [5.74, 6) is 0.751. The van der Waals surface area contributed by atoms with E-state index in [1.165, 1.54) is 19.3 Å². The van der Waals surface area contributed by atoms with Gasteiger partial charge in [0.15, 0.2) is 0 Å². The van der Waals surface area contributed by atoms with Gasteiger partial charge in [-0.1, -0.05) is 32.3 Å². The van der Waals surface area contributed by atoms with E-state index in [1.807, 2.05) is 24.3 Å². The van der Waals surface area contributed by atoms with Crippen molar-refractivity contribution < 1.29 is 9.53 Å². The Labute approximate surface area is 115 Å². The molecule has 0 aliphatic carbocycles. The van der Waals surface area contributed by atoms with Crippen molar-refractivity contribution in [1.29, 1.82) is 0 Å². The van der Waals surface area contributed by atoms with E-state index in [9.17, 15) is 4.79 Å². The molecule has 1 amide bonds. The van der Waals surface area contributed by atoms with Gasteiger partial charge in [-0.3, -0.25) is 4.79 Å². The molecule has 0 aromatic heterocycles. The molecule has 1 aromatic carbocycles. The monoisotopic (exact) mass is 264 g/mol. The fourth-order valence-corrected chi connectivity index (χ4v) is 1.75. The minimum atomic E-state index is -0.0532. The van der Waals surface area contributed by atoms with Crippen molar-refractivity contribution in [2.24, 2.45) is 0 Å². The number of nitrogens with one attached hydrogen (secondary N) is 2. The van der Waals surface area contributed by atoms with E-state index < -0.39 is 0 Å². The van der Waals surface area contributed by atoms with Crippen molar-refractivity contribution in [2.75, 3.05) is 25.5 Å². The van der Waals surface area contributed by atoms with Crippen molar-refractivity contribution in [3.63, 3.8) is 0 Å². The van der Waals surface area contributed by atoms with Crippen molar-refractivity contribution >= 4 is 11.6 Å². The summed E-state index contributed by atoms with van der Waals surface area (Å²) in [5, 5.41) is 5.63. The smallest absolute Gasteiger partial charge is 0.238 e. The van der Waals surface area contributed by atoms with Crippen LogP contribution in [0.2, 0.25) is 0 Å². The molecule has 0 heterocycles. The maximum Gasteiger partial charge on any atom is 0.238 e. The highest BCUT2D eigenvalue weighted by Crippen LogP contribution is 2.17. The number of unbranched alkanes of at least 4 members (excludes halogenated alkanes) is 3. The molecule has 0 saturated carbocycles. The zero-order chi connectivity index (χ0) is 13.9. The molecule has 106 valence electrons. The van der Waals surface area contributed by atoms with Gasteiger partial charge in [-0.05, 0) is 25.6 Å². The lowest BCUT2D eigenvalue weighted by Gasteiger charge is -2.09. The first kappa shape index (κ1) is 15.5. The van der Waals surface area contributed by atoms with Crippen LogP contribution in [0.15, 0.2) is 24.3 Å². The predicted molar refractivity (Wildman–Crippen MR) is 78.6 cm³/mol. The molecule has 0 atom stereocenters. The van der Waals surface area contributed by atoms with Crippen LogP contribution >= 0.6 is 0 Å². The molecule has 0 radical (unpaired) electrons. The van der Waals surface area contributed by atoms with Gasteiger partial charge in [-0.25, -0.2) is 0 Å². The van der Waals surface area contributed by atoms with Crippen molar-refractivity contribution in [2.45, 2.75) is 32.6 Å². The zero-order valence-corrected chi connectivity index (χ0v) is 11.9. The summed E-state index contributed by atoms with van der Waals surface area (Å²) < 4.78 is 5.67. The average molecular weight is 264 g/mol. The molecule has 1 rings (SSSR count). The lowest BCUT2D eigenvalue weighted by atomic mass is 10.2. The summed E-state index contributed by atoms with van der Waals surface area (Å²) in [4.78, 5) is 11.4. The Morgan fingerprint density at radius 3 is 2.84 bits per heavy atom. The summed E-state index contributed by atoms with van der Waals surface area (Å²) in [6, 6.07) is 7.51. The molecule has 0 aliphatic heterocycles. The number of carbonyl (C=O) groups excluding carboxylic acids is 1. The van der Waals surface area contributed by atoms with E-state index in [0.717, 1.165) is 24.5 Å². The van der Waals surface area contributed by atoms with E-state index in [1.54, 1.807) is 7.05 Å². The maximum absolute atomic E-state index is 11.4. The molecule has 4 nitrogen and oxygen atoms in total. The van der Waals surface area contributed by atoms with Gasteiger partial charge in [0.2, 0.25) is 5.91 Å². The first-order valence-corrected chi connectivity index (χ1v) is 6.93. The number of likely N-dealkylation sites (N-methyl/N-ethyl adjacent to an activating group) is 1. The molecule has 1 aromatic rings. The minimum Gasteiger partial charge on any atom is -0.494 e. The van der Waals surface area contributed by atoms with Gasteiger partial charge in [-0.15, -0.1) is 0 Å². The summed E-state index contributed by atoms with van der Waals surface area (Å²) in [5.41, 5.74) is 0.770. The van der Waals surface area contributed by atoms with Crippen molar-refractivity contribution in [1.82, 2.24) is 5.32 Å². The third-order valence-electron chi connectivity index (χ3n) is 2.72. The number of amides is 1. The van der Waals surface area contributed by atoms with Gasteiger partial charge >= 0.3 is 0 Å². The number of rotatable bonds is 9. The van der Waals surface area contributed by atoms with Crippen molar-refractivity contribution in [3.05, 3.63) is 24.3 Å². The van der Waals surface area contributed by atoms with Crippen LogP contribution in [0.5, 0.6) is 5.75 Å². The number of benzene rings is 1. The van der Waals surface area contributed by atoms with E-state index in [0.29, 0.717) is 6.54 Å². The number of anilines is 1. The number of ether oxygens (including phenoxy) is 1. The number of carbonyl (C=O) groups is 1. The zero-order valence-electron chi connectivity index (χ0n) is 11.9. The Bertz CT molecular complexity index is 380. The number of hydrogen-bond acceptors (Lipinski definition) is 3. The minimum absolute atomic E-state index is 0.0532. The second kappa shape index (κ2) is 9.39. The average Bonchev–Trinajstić information content (AvgIpc) is 2.39. The van der Waals surface area contributed by atoms with Gasteiger partial charge < -0.3 is 15.4 Å². The van der Waals surface area contributed by atoms with Crippen LogP contribution in [0.1, 0.15) is 32.6 Å². The summed E-state index contributed by atoms with van der Waals surface area (Å²) in [6.07, 6.45) is 4.76. The molecule has 0 unspecified atom stereocenters. The lowest BCUT2D eigenvalue weighted by Crippen LogP contribution is -2.24. The third kappa shape index (κ3) is 6.82. The van der Waals surface area contributed by atoms with E-state index in [2.05, 4.69) is 17.6 Å². The molecular formula is C15H24N2O2. The van der Waals surface area contributed by atoms with Gasteiger partial charge in [0.1, 0.15) is 5.75 Å². The first-order chi connectivity index (χ1) is 9.26. The first-order valence-electron chi connectivity index (χ1n) is 6.93. The van der Waals surface area contributed by atoms with Crippen LogP contribution in [0.4, 0.5) is 5.69 Å². The molecule has 4 heteroatoms. The van der Waals surface area contributed by atoms with E-state index in [-0.39, 0.29) is 5.91 Å². The quantitative estimate of drug-likeness (QED) is 0.674. The normalized spacial score (nSPS) is 10.2. The number of hydrogen-bond donors (Lipinski definition) is 2. The molecular weight excluding hydrogens is 240 g/mol. The highest BCUT2D eigenvalue weighted by Gasteiger charge is 2.01. The Morgan fingerprint density at radius 2 is 2.11 bits per heavy atom. The van der Waals surface area contributed by atoms with Gasteiger partial charge in [0, 0.05) is 11.8 Å². The Morgan fingerprint density at radius 1 is 1.26 bits per heavy atom. The molecule has 0 fully saturated rings. The maximum atomic E-state index is 11.4. The fraction of sp³-hybridized carbons (Fsp3) is 0.533. The van der Waals surface area contributed by atoms with Gasteiger partial charge in [0.25, 0.3) is 0 Å². The topological polar surface area (TPSA) is 50.4 Å². The molecule has 0 bridgehead atoms. The summed E-state index contributed by atoms with van der Waals surface area (Å²) in [7, 11) is 1.75. The second-order valence-corrected chi connectivity index (χ2v) is 4.52. The van der Waals surface area contributed by atoms with Crippen LogP contribution in [0.3, 0.4) is 0 Å². The summed E-state index contributed by atoms with van der Waals surface area (Å²) >= 11 is 0. The molecule has 19 heavy (non-hydrogen) atoms. The predicted octanol–water partition coefficient (Wildman–Crippen LogP) is 2.80. The molecule has 0 spiro atoms. The van der Waals surface area contributed by atoms with Gasteiger partial charge in [-0.2, -0.15) is 0 Å². The molecule has 0 aliphatic rings.